The fraction of sp³-hybridized carbons (Fsp3) is 0.533. The van der Waals surface area contributed by atoms with Crippen LogP contribution < -0.4 is 10.1 Å². The van der Waals surface area contributed by atoms with Gasteiger partial charge in [-0.15, -0.1) is 0 Å². The maximum atomic E-state index is 12.2. The zero-order chi connectivity index (χ0) is 15.2. The topological polar surface area (TPSA) is 71.0 Å². The molecule has 21 heavy (non-hydrogen) atoms. The molecule has 2 N–H and O–H groups in total. The molecule has 1 aromatic rings. The van der Waals surface area contributed by atoms with Crippen molar-refractivity contribution in [1.82, 2.24) is 10.2 Å². The van der Waals surface area contributed by atoms with Gasteiger partial charge in [-0.25, -0.2) is 0 Å². The van der Waals surface area contributed by atoms with Crippen molar-refractivity contribution < 1.29 is 19.4 Å². The third-order valence-corrected chi connectivity index (χ3v) is 3.55. The van der Waals surface area contributed by atoms with Crippen LogP contribution in [0.4, 0.5) is 0 Å². The number of ether oxygens (including phenoxy) is 2. The zero-order valence-corrected chi connectivity index (χ0v) is 12.5. The molecule has 0 aliphatic carbocycles. The summed E-state index contributed by atoms with van der Waals surface area (Å²) in [5.74, 6) is 0.629. The van der Waals surface area contributed by atoms with Crippen LogP contribution in [0.25, 0.3) is 0 Å². The van der Waals surface area contributed by atoms with Crippen LogP contribution in [0.3, 0.4) is 0 Å². The molecule has 2 rings (SSSR count). The van der Waals surface area contributed by atoms with Gasteiger partial charge in [0.25, 0.3) is 0 Å². The predicted octanol–water partition coefficient (Wildman–Crippen LogP) is 0.738. The van der Waals surface area contributed by atoms with Crippen LogP contribution in [-0.2, 0) is 16.1 Å². The minimum atomic E-state index is -0.261. The third-order valence-electron chi connectivity index (χ3n) is 3.55. The number of nitrogens with zero attached hydrogens (tertiary/aromatic N) is 1. The number of phenolic OH excluding ortho intramolecular Hbond substituents is 1. The molecule has 116 valence electrons. The molecule has 0 spiro atoms. The second-order valence-electron chi connectivity index (χ2n) is 5.05. The molecule has 1 unspecified atom stereocenters. The average molecular weight is 294 g/mol. The lowest BCUT2D eigenvalue weighted by molar-refractivity contribution is -0.137. The van der Waals surface area contributed by atoms with Crippen LogP contribution in [0.5, 0.6) is 11.5 Å². The normalized spacial score (nSPS) is 16.6. The Morgan fingerprint density at radius 3 is 2.86 bits per heavy atom. The Hall–Kier alpha value is -1.79. The summed E-state index contributed by atoms with van der Waals surface area (Å²) in [5, 5.41) is 12.8. The highest BCUT2D eigenvalue weighted by Gasteiger charge is 2.21. The number of hydrogen-bond donors (Lipinski definition) is 2. The Labute approximate surface area is 124 Å². The molecule has 1 aromatic carbocycles. The van der Waals surface area contributed by atoms with Gasteiger partial charge in [-0.2, -0.15) is 0 Å². The van der Waals surface area contributed by atoms with E-state index in [-0.39, 0.29) is 17.7 Å². The van der Waals surface area contributed by atoms with Crippen molar-refractivity contribution in [2.24, 2.45) is 0 Å². The van der Waals surface area contributed by atoms with Gasteiger partial charge < -0.3 is 24.8 Å². The van der Waals surface area contributed by atoms with Crippen molar-refractivity contribution in [3.05, 3.63) is 23.8 Å². The lowest BCUT2D eigenvalue weighted by Gasteiger charge is -2.29. The summed E-state index contributed by atoms with van der Waals surface area (Å²) in [4.78, 5) is 14.1. The number of hydrogen-bond acceptors (Lipinski definition) is 5. The zero-order valence-electron chi connectivity index (χ0n) is 12.5. The first-order chi connectivity index (χ1) is 10.1. The second-order valence-corrected chi connectivity index (χ2v) is 5.05. The van der Waals surface area contributed by atoms with Gasteiger partial charge in [0.2, 0.25) is 5.91 Å². The highest BCUT2D eigenvalue weighted by Crippen LogP contribution is 2.26. The van der Waals surface area contributed by atoms with E-state index in [1.165, 1.54) is 7.11 Å². The molecule has 6 heteroatoms. The van der Waals surface area contributed by atoms with Gasteiger partial charge in [-0.05, 0) is 24.6 Å². The Bertz CT molecular complexity index is 487. The van der Waals surface area contributed by atoms with E-state index in [2.05, 4.69) is 5.32 Å². The fourth-order valence-corrected chi connectivity index (χ4v) is 2.25. The molecule has 1 aliphatic rings. The van der Waals surface area contributed by atoms with Gasteiger partial charge in [0.1, 0.15) is 0 Å². The summed E-state index contributed by atoms with van der Waals surface area (Å²) < 4.78 is 10.3. The second kappa shape index (κ2) is 7.28. The number of methoxy groups -OCH3 is 1. The Morgan fingerprint density at radius 1 is 1.48 bits per heavy atom. The summed E-state index contributed by atoms with van der Waals surface area (Å²) in [5.41, 5.74) is 0.950. The van der Waals surface area contributed by atoms with Crippen molar-refractivity contribution >= 4 is 5.91 Å². The molecule has 1 aliphatic heterocycles. The number of nitrogens with one attached hydrogen (secondary N) is 1. The van der Waals surface area contributed by atoms with Gasteiger partial charge in [0.15, 0.2) is 11.5 Å². The van der Waals surface area contributed by atoms with Crippen LogP contribution in [0.15, 0.2) is 18.2 Å². The predicted molar refractivity (Wildman–Crippen MR) is 78.4 cm³/mol. The van der Waals surface area contributed by atoms with Crippen molar-refractivity contribution in [1.29, 1.82) is 0 Å². The van der Waals surface area contributed by atoms with Gasteiger partial charge in [-0.1, -0.05) is 6.07 Å². The number of morpholine rings is 1. The van der Waals surface area contributed by atoms with E-state index in [0.717, 1.165) is 5.56 Å². The summed E-state index contributed by atoms with van der Waals surface area (Å²) in [6.45, 7) is 4.90. The van der Waals surface area contributed by atoms with E-state index in [9.17, 15) is 9.90 Å². The number of phenols is 1. The van der Waals surface area contributed by atoms with Gasteiger partial charge in [-0.3, -0.25) is 4.79 Å². The monoisotopic (exact) mass is 294 g/mol. The smallest absolute Gasteiger partial charge is 0.239 e. The quantitative estimate of drug-likeness (QED) is 0.838. The Morgan fingerprint density at radius 2 is 2.19 bits per heavy atom. The summed E-state index contributed by atoms with van der Waals surface area (Å²) in [6, 6.07) is 4.89. The van der Waals surface area contributed by atoms with Gasteiger partial charge >= 0.3 is 0 Å². The molecule has 1 atom stereocenters. The Balaban J connectivity index is 1.88. The lowest BCUT2D eigenvalue weighted by Crippen LogP contribution is -2.49. The summed E-state index contributed by atoms with van der Waals surface area (Å²) in [7, 11) is 1.51. The molecule has 1 saturated heterocycles. The fourth-order valence-electron chi connectivity index (χ4n) is 2.25. The minimum Gasteiger partial charge on any atom is -0.504 e. The standard InChI is InChI=1S/C15H22N2O4/c1-11(15(19)17-5-7-21-8-6-17)16-10-12-3-4-13(18)14(9-12)20-2/h3-4,9,11,16,18H,5-8,10H2,1-2H3. The molecule has 1 fully saturated rings. The van der Waals surface area contributed by atoms with Crippen molar-refractivity contribution in [2.45, 2.75) is 19.5 Å². The average Bonchev–Trinajstić information content (AvgIpc) is 2.53. The molecule has 0 saturated carbocycles. The lowest BCUT2D eigenvalue weighted by atomic mass is 10.2. The molecule has 6 nitrogen and oxygen atoms in total. The molecule has 0 radical (unpaired) electrons. The van der Waals surface area contributed by atoms with E-state index < -0.39 is 0 Å². The molecule has 1 heterocycles. The molecular weight excluding hydrogens is 272 g/mol. The summed E-state index contributed by atoms with van der Waals surface area (Å²) in [6.07, 6.45) is 0. The van der Waals surface area contributed by atoms with E-state index in [1.54, 1.807) is 18.2 Å². The first-order valence-electron chi connectivity index (χ1n) is 7.07. The third kappa shape index (κ3) is 4.09. The van der Waals surface area contributed by atoms with E-state index in [1.807, 2.05) is 11.8 Å². The maximum absolute atomic E-state index is 12.2. The highest BCUT2D eigenvalue weighted by atomic mass is 16.5. The highest BCUT2D eigenvalue weighted by molar-refractivity contribution is 5.81. The first-order valence-corrected chi connectivity index (χ1v) is 7.07. The van der Waals surface area contributed by atoms with Crippen LogP contribution in [-0.4, -0.2) is 55.4 Å². The van der Waals surface area contributed by atoms with Crippen LogP contribution in [0.2, 0.25) is 0 Å². The van der Waals surface area contributed by atoms with Gasteiger partial charge in [0, 0.05) is 19.6 Å². The first kappa shape index (κ1) is 15.6. The molecule has 0 aromatic heterocycles. The van der Waals surface area contributed by atoms with E-state index in [0.29, 0.717) is 38.6 Å². The number of rotatable bonds is 5. The minimum absolute atomic E-state index is 0.0871. The van der Waals surface area contributed by atoms with Crippen LogP contribution in [0.1, 0.15) is 12.5 Å². The molecular formula is C15H22N2O4. The van der Waals surface area contributed by atoms with E-state index >= 15 is 0 Å². The number of benzene rings is 1. The Kier molecular flexibility index (Phi) is 5.41. The summed E-state index contributed by atoms with van der Waals surface area (Å²) >= 11 is 0. The number of aromatic hydroxyl groups is 1. The van der Waals surface area contributed by atoms with Crippen molar-refractivity contribution in [3.8, 4) is 11.5 Å². The SMILES string of the molecule is COc1cc(CNC(C)C(=O)N2CCOCC2)ccc1O. The molecule has 0 bridgehead atoms. The number of carbonyl (C=O) groups is 1. The molecule has 1 amide bonds. The van der Waals surface area contributed by atoms with Crippen molar-refractivity contribution in [2.75, 3.05) is 33.4 Å². The van der Waals surface area contributed by atoms with Crippen molar-refractivity contribution in [3.63, 3.8) is 0 Å². The maximum Gasteiger partial charge on any atom is 0.239 e. The van der Waals surface area contributed by atoms with Crippen LogP contribution >= 0.6 is 0 Å². The van der Waals surface area contributed by atoms with Gasteiger partial charge in [0.05, 0.1) is 26.4 Å². The number of carbonyl (C=O) groups excluding carboxylic acids is 1. The van der Waals surface area contributed by atoms with E-state index in [4.69, 9.17) is 9.47 Å². The number of amides is 1. The van der Waals surface area contributed by atoms with Crippen LogP contribution in [0, 0.1) is 0 Å². The largest absolute Gasteiger partial charge is 0.504 e.